The Kier molecular flexibility index (Phi) is 8.36. The van der Waals surface area contributed by atoms with Crippen LogP contribution in [0.5, 0.6) is 0 Å². The third-order valence-electron chi connectivity index (χ3n) is 3.91. The van der Waals surface area contributed by atoms with Crippen LogP contribution in [-0.4, -0.2) is 18.0 Å². The van der Waals surface area contributed by atoms with Gasteiger partial charge in [0.15, 0.2) is 0 Å². The molecule has 1 heterocycles. The van der Waals surface area contributed by atoms with E-state index in [1.54, 1.807) is 12.1 Å². The predicted octanol–water partition coefficient (Wildman–Crippen LogP) is 0.478. The maximum atomic E-state index is 11.7. The van der Waals surface area contributed by atoms with Crippen LogP contribution in [0.2, 0.25) is 0 Å². The van der Waals surface area contributed by atoms with Gasteiger partial charge in [-0.3, -0.25) is 0 Å². The topological polar surface area (TPSA) is 81.3 Å². The van der Waals surface area contributed by atoms with E-state index in [0.29, 0.717) is 17.8 Å². The zero-order chi connectivity index (χ0) is 15.3. The maximum absolute atomic E-state index is 11.7. The van der Waals surface area contributed by atoms with Gasteiger partial charge in [-0.05, 0) is 18.6 Å². The van der Waals surface area contributed by atoms with Crippen molar-refractivity contribution < 1.29 is 64.4 Å². The second-order valence-corrected chi connectivity index (χ2v) is 7.20. The first-order chi connectivity index (χ1) is 9.98. The molecule has 7 heteroatoms. The second kappa shape index (κ2) is 9.01. The Morgan fingerprint density at radius 3 is 2.00 bits per heavy atom. The summed E-state index contributed by atoms with van der Waals surface area (Å²) in [7, 11) is -4.50. The molecule has 2 N–H and O–H groups in total. The molecule has 1 aromatic carbocycles. The number of rotatable bonds is 8. The molecule has 118 valence electrons. The molecule has 1 aromatic rings. The van der Waals surface area contributed by atoms with Gasteiger partial charge < -0.3 is 15.2 Å². The van der Waals surface area contributed by atoms with Gasteiger partial charge in [0.1, 0.15) is 10.1 Å². The smallest absolute Gasteiger partial charge is 0.745 e. The molecule has 22 heavy (non-hydrogen) atoms. The Bertz CT molecular complexity index is 553. The maximum Gasteiger partial charge on any atom is 1.00 e. The minimum absolute atomic E-state index is 0. The predicted molar refractivity (Wildman–Crippen MR) is 84.1 cm³/mol. The average molecular weight is 351 g/mol. The summed E-state index contributed by atoms with van der Waals surface area (Å²) in [5.74, 6) is 0. The quantitative estimate of drug-likeness (QED) is 0.405. The first-order valence-electron chi connectivity index (χ1n) is 7.59. The molecule has 0 bridgehead atoms. The Hall–Kier alpha value is 0.366. The number of benzene rings is 1. The van der Waals surface area contributed by atoms with Crippen LogP contribution in [-0.2, 0) is 10.1 Å². The summed E-state index contributed by atoms with van der Waals surface area (Å²) in [5, 5.41) is 5.76. The van der Waals surface area contributed by atoms with E-state index in [1.807, 2.05) is 12.1 Å². The van der Waals surface area contributed by atoms with Gasteiger partial charge in [-0.2, -0.15) is 0 Å². The molecule has 1 aliphatic heterocycles. The number of anilines is 2. The molecule has 2 rings (SSSR count). The molecule has 0 amide bonds. The van der Waals surface area contributed by atoms with Crippen LogP contribution in [0.15, 0.2) is 24.3 Å². The molecule has 0 fully saturated rings. The van der Waals surface area contributed by atoms with Gasteiger partial charge in [-0.15, -0.1) is 0 Å². The van der Waals surface area contributed by atoms with Crippen LogP contribution in [0.25, 0.3) is 0 Å². The summed E-state index contributed by atoms with van der Waals surface area (Å²) < 4.78 is 35.1. The fraction of sp³-hybridized carbons (Fsp3) is 0.600. The van der Waals surface area contributed by atoms with E-state index < -0.39 is 15.1 Å². The molecule has 0 aliphatic carbocycles. The minimum Gasteiger partial charge on any atom is -0.745 e. The monoisotopic (exact) mass is 350 g/mol. The number of fused-ring (bicyclic) bond motifs is 1. The molecule has 0 atom stereocenters. The SMILES string of the molecule is CCCCCCCCC1(S(=O)(=O)[O-])Nc2ccccc2N1.[K+]. The molecule has 0 saturated carbocycles. The van der Waals surface area contributed by atoms with E-state index in [1.165, 1.54) is 12.8 Å². The van der Waals surface area contributed by atoms with Crippen LogP contribution in [0, 0.1) is 0 Å². The van der Waals surface area contributed by atoms with Gasteiger partial charge in [0, 0.05) is 6.42 Å². The Labute approximate surface area is 175 Å². The number of hydrogen-bond acceptors (Lipinski definition) is 5. The largest absolute Gasteiger partial charge is 1.00 e. The minimum atomic E-state index is -4.50. The molecular formula is C15H23KN2O3S. The van der Waals surface area contributed by atoms with Crippen molar-refractivity contribution in [1.82, 2.24) is 0 Å². The molecular weight excluding hydrogens is 327 g/mol. The number of nitrogens with one attached hydrogen (secondary N) is 2. The summed E-state index contributed by atoms with van der Waals surface area (Å²) >= 11 is 0. The van der Waals surface area contributed by atoms with Gasteiger partial charge in [-0.1, -0.05) is 51.2 Å². The Balaban J connectivity index is 0.00000242. The van der Waals surface area contributed by atoms with Crippen molar-refractivity contribution in [3.8, 4) is 0 Å². The van der Waals surface area contributed by atoms with Crippen LogP contribution in [0.4, 0.5) is 11.4 Å². The third-order valence-corrected chi connectivity index (χ3v) is 5.17. The van der Waals surface area contributed by atoms with E-state index in [4.69, 9.17) is 0 Å². The first kappa shape index (κ1) is 20.4. The van der Waals surface area contributed by atoms with Crippen LogP contribution in [0.3, 0.4) is 0 Å². The van der Waals surface area contributed by atoms with Gasteiger partial charge in [-0.25, -0.2) is 8.42 Å². The van der Waals surface area contributed by atoms with Crippen molar-refractivity contribution in [3.63, 3.8) is 0 Å². The van der Waals surface area contributed by atoms with E-state index in [2.05, 4.69) is 17.6 Å². The molecule has 5 nitrogen and oxygen atoms in total. The second-order valence-electron chi connectivity index (χ2n) is 5.59. The molecule has 0 unspecified atom stereocenters. The van der Waals surface area contributed by atoms with Crippen molar-refractivity contribution in [1.29, 1.82) is 0 Å². The summed E-state index contributed by atoms with van der Waals surface area (Å²) in [6, 6.07) is 7.17. The van der Waals surface area contributed by atoms with E-state index in [-0.39, 0.29) is 57.8 Å². The number of unbranched alkanes of at least 4 members (excludes halogenated alkanes) is 5. The normalized spacial score (nSPS) is 15.4. The first-order valence-corrected chi connectivity index (χ1v) is 9.00. The summed E-state index contributed by atoms with van der Waals surface area (Å²) in [6.07, 6.45) is 6.55. The van der Waals surface area contributed by atoms with Crippen molar-refractivity contribution in [2.45, 2.75) is 56.9 Å². The van der Waals surface area contributed by atoms with Crippen molar-refractivity contribution in [2.24, 2.45) is 0 Å². The van der Waals surface area contributed by atoms with Gasteiger partial charge >= 0.3 is 51.4 Å². The Morgan fingerprint density at radius 1 is 1.00 bits per heavy atom. The molecule has 0 saturated heterocycles. The molecule has 0 radical (unpaired) electrons. The molecule has 0 aromatic heterocycles. The van der Waals surface area contributed by atoms with Crippen molar-refractivity contribution in [3.05, 3.63) is 24.3 Å². The number of para-hydroxylation sites is 2. The molecule has 1 aliphatic rings. The van der Waals surface area contributed by atoms with Crippen molar-refractivity contribution in [2.75, 3.05) is 10.6 Å². The fourth-order valence-corrected chi connectivity index (χ4v) is 3.56. The summed E-state index contributed by atoms with van der Waals surface area (Å²) in [5.41, 5.74) is 1.34. The zero-order valence-electron chi connectivity index (χ0n) is 13.4. The summed E-state index contributed by atoms with van der Waals surface area (Å²) in [4.78, 5) is -1.60. The van der Waals surface area contributed by atoms with Gasteiger partial charge in [0.2, 0.25) is 4.99 Å². The van der Waals surface area contributed by atoms with Crippen LogP contribution in [0.1, 0.15) is 51.9 Å². The number of hydrogen-bond donors (Lipinski definition) is 2. The molecule has 0 spiro atoms. The summed E-state index contributed by atoms with van der Waals surface area (Å²) in [6.45, 7) is 2.16. The van der Waals surface area contributed by atoms with Crippen LogP contribution < -0.4 is 62.0 Å². The Morgan fingerprint density at radius 2 is 1.50 bits per heavy atom. The standard InChI is InChI=1S/C15H24N2O3S.K/c1-2-3-4-5-6-9-12-15(21(18,19)20)16-13-10-7-8-11-14(13)17-15;/h7-8,10-11,16-17H,2-6,9,12H2,1H3,(H,18,19,20);/q;+1/p-1. The van der Waals surface area contributed by atoms with Gasteiger partial charge in [0.25, 0.3) is 0 Å². The van der Waals surface area contributed by atoms with E-state index in [9.17, 15) is 13.0 Å². The third kappa shape index (κ3) is 4.93. The van der Waals surface area contributed by atoms with Crippen molar-refractivity contribution >= 4 is 21.5 Å². The van der Waals surface area contributed by atoms with Crippen LogP contribution >= 0.6 is 0 Å². The van der Waals surface area contributed by atoms with Gasteiger partial charge in [0.05, 0.1) is 11.4 Å². The van der Waals surface area contributed by atoms with E-state index >= 15 is 0 Å². The average Bonchev–Trinajstić information content (AvgIpc) is 2.82. The zero-order valence-corrected chi connectivity index (χ0v) is 17.3. The van der Waals surface area contributed by atoms with E-state index in [0.717, 1.165) is 19.3 Å². The fourth-order valence-electron chi connectivity index (χ4n) is 2.70.